The average molecular weight is 483 g/mol. The number of ether oxygens (including phenoxy) is 3. The van der Waals surface area contributed by atoms with Crippen molar-refractivity contribution in [1.29, 1.82) is 5.26 Å². The van der Waals surface area contributed by atoms with Crippen molar-refractivity contribution in [3.8, 4) is 40.5 Å². The summed E-state index contributed by atoms with van der Waals surface area (Å²) >= 11 is 3.35. The molecule has 0 radical (unpaired) electrons. The zero-order valence-electron chi connectivity index (χ0n) is 16.8. The number of benzene rings is 2. The summed E-state index contributed by atoms with van der Waals surface area (Å²) in [5.41, 5.74) is 9.15. The van der Waals surface area contributed by atoms with E-state index in [0.717, 1.165) is 11.3 Å². The molecule has 1 aliphatic rings. The molecule has 31 heavy (non-hydrogen) atoms. The molecule has 3 aromatic rings. The first-order valence-corrected chi connectivity index (χ1v) is 10.2. The Kier molecular flexibility index (Phi) is 5.48. The summed E-state index contributed by atoms with van der Waals surface area (Å²) in [7, 11) is 1.46. The monoisotopic (exact) mass is 482 g/mol. The summed E-state index contributed by atoms with van der Waals surface area (Å²) in [4.78, 5) is 0. The van der Waals surface area contributed by atoms with Crippen molar-refractivity contribution >= 4 is 15.9 Å². The summed E-state index contributed by atoms with van der Waals surface area (Å²) in [5.74, 6) is 0.662. The number of phenols is 1. The number of aromatic nitrogens is 2. The zero-order valence-corrected chi connectivity index (χ0v) is 18.4. The summed E-state index contributed by atoms with van der Waals surface area (Å²) in [6.07, 6.45) is 0. The van der Waals surface area contributed by atoms with Crippen LogP contribution < -0.4 is 19.9 Å². The molecule has 0 unspecified atom stereocenters. The summed E-state index contributed by atoms with van der Waals surface area (Å²) in [6, 6.07) is 13.1. The van der Waals surface area contributed by atoms with E-state index in [9.17, 15) is 10.4 Å². The molecule has 1 atom stereocenters. The van der Waals surface area contributed by atoms with E-state index in [1.165, 1.54) is 7.11 Å². The molecule has 158 valence electrons. The van der Waals surface area contributed by atoms with Crippen LogP contribution in [0.3, 0.4) is 0 Å². The molecule has 9 heteroatoms. The van der Waals surface area contributed by atoms with Gasteiger partial charge in [-0.3, -0.25) is 5.10 Å². The molecule has 1 aromatic heterocycles. The minimum atomic E-state index is -0.583. The second-order valence-electron chi connectivity index (χ2n) is 6.75. The molecular weight excluding hydrogens is 464 g/mol. The van der Waals surface area contributed by atoms with E-state index in [0.29, 0.717) is 27.9 Å². The van der Waals surface area contributed by atoms with Crippen LogP contribution >= 0.6 is 15.9 Å². The van der Waals surface area contributed by atoms with Gasteiger partial charge in [0.05, 0.1) is 35.4 Å². The van der Waals surface area contributed by atoms with Crippen LogP contribution in [0.5, 0.6) is 23.1 Å². The van der Waals surface area contributed by atoms with Gasteiger partial charge < -0.3 is 25.1 Å². The lowest BCUT2D eigenvalue weighted by atomic mass is 9.83. The molecule has 0 fully saturated rings. The average Bonchev–Trinajstić information content (AvgIpc) is 3.18. The molecule has 0 bridgehead atoms. The number of fused-ring (bicyclic) bond motifs is 1. The molecule has 0 spiro atoms. The highest BCUT2D eigenvalue weighted by atomic mass is 79.9. The van der Waals surface area contributed by atoms with Crippen molar-refractivity contribution in [3.63, 3.8) is 0 Å². The van der Waals surface area contributed by atoms with Crippen LogP contribution in [0.2, 0.25) is 0 Å². The normalized spacial score (nSPS) is 15.1. The van der Waals surface area contributed by atoms with Crippen LogP contribution in [0.15, 0.2) is 52.3 Å². The second kappa shape index (κ2) is 8.24. The molecule has 1 aliphatic heterocycles. The van der Waals surface area contributed by atoms with Gasteiger partial charge in [0.2, 0.25) is 11.8 Å². The summed E-state index contributed by atoms with van der Waals surface area (Å²) < 4.78 is 16.9. The van der Waals surface area contributed by atoms with Gasteiger partial charge in [-0.1, -0.05) is 0 Å². The Balaban J connectivity index is 1.90. The van der Waals surface area contributed by atoms with Crippen LogP contribution in [0.25, 0.3) is 11.3 Å². The Hall–Kier alpha value is -3.64. The standard InChI is InChI=1S/C22H19BrN4O4/c1-3-30-13-6-4-11(5-7-13)19-18-17(12-8-15(23)20(28)16(9-12)29-2)14(10-24)21(25)31-22(18)27-26-19/h4-9,17,28H,3,25H2,1-2H3,(H,26,27)/t17-/m0/s1. The molecule has 0 amide bonds. The molecular formula is C22H19BrN4O4. The maximum atomic E-state index is 10.2. The van der Waals surface area contributed by atoms with Crippen molar-refractivity contribution in [2.45, 2.75) is 12.8 Å². The number of allylic oxidation sites excluding steroid dienone is 1. The second-order valence-corrected chi connectivity index (χ2v) is 7.61. The van der Waals surface area contributed by atoms with Crippen molar-refractivity contribution in [2.24, 2.45) is 5.73 Å². The Morgan fingerprint density at radius 3 is 2.71 bits per heavy atom. The van der Waals surface area contributed by atoms with Gasteiger partial charge in [0.25, 0.3) is 0 Å². The Labute approximate surface area is 187 Å². The van der Waals surface area contributed by atoms with Gasteiger partial charge in [-0.15, -0.1) is 5.10 Å². The molecule has 2 aromatic carbocycles. The molecule has 8 nitrogen and oxygen atoms in total. The first-order chi connectivity index (χ1) is 15.0. The first kappa shape index (κ1) is 20.6. The highest BCUT2D eigenvalue weighted by molar-refractivity contribution is 9.10. The van der Waals surface area contributed by atoms with Gasteiger partial charge in [0, 0.05) is 5.56 Å². The number of phenolic OH excluding ortho intramolecular Hbond substituents is 1. The summed E-state index contributed by atoms with van der Waals surface area (Å²) in [6.45, 7) is 2.49. The first-order valence-electron chi connectivity index (χ1n) is 9.43. The van der Waals surface area contributed by atoms with Gasteiger partial charge >= 0.3 is 0 Å². The van der Waals surface area contributed by atoms with Crippen LogP contribution in [-0.2, 0) is 0 Å². The van der Waals surface area contributed by atoms with E-state index in [1.807, 2.05) is 31.2 Å². The number of methoxy groups -OCH3 is 1. The van der Waals surface area contributed by atoms with Crippen LogP contribution in [0.4, 0.5) is 0 Å². The number of nitrogens with zero attached hydrogens (tertiary/aromatic N) is 2. The zero-order chi connectivity index (χ0) is 22.1. The third-order valence-electron chi connectivity index (χ3n) is 5.00. The van der Waals surface area contributed by atoms with Gasteiger partial charge in [0.15, 0.2) is 11.5 Å². The maximum absolute atomic E-state index is 10.2. The highest BCUT2D eigenvalue weighted by Crippen LogP contribution is 2.48. The number of nitrogens with two attached hydrogens (primary N) is 1. The number of aromatic hydroxyl groups is 1. The third-order valence-corrected chi connectivity index (χ3v) is 5.60. The number of halogens is 1. The number of H-pyrrole nitrogens is 1. The van der Waals surface area contributed by atoms with E-state index in [-0.39, 0.29) is 28.8 Å². The molecule has 0 saturated heterocycles. The van der Waals surface area contributed by atoms with E-state index >= 15 is 0 Å². The predicted molar refractivity (Wildman–Crippen MR) is 117 cm³/mol. The summed E-state index contributed by atoms with van der Waals surface area (Å²) in [5, 5.41) is 27.4. The van der Waals surface area contributed by atoms with Gasteiger partial charge in [0.1, 0.15) is 17.4 Å². The van der Waals surface area contributed by atoms with E-state index in [4.69, 9.17) is 19.9 Å². The van der Waals surface area contributed by atoms with Crippen molar-refractivity contribution in [2.75, 3.05) is 13.7 Å². The lowest BCUT2D eigenvalue weighted by Gasteiger charge is -2.25. The Bertz CT molecular complexity index is 1210. The number of nitrogens with one attached hydrogen (secondary N) is 1. The fraction of sp³-hybridized carbons (Fsp3) is 0.182. The number of hydrogen-bond donors (Lipinski definition) is 3. The van der Waals surface area contributed by atoms with Crippen LogP contribution in [0, 0.1) is 11.3 Å². The number of hydrogen-bond acceptors (Lipinski definition) is 7. The van der Waals surface area contributed by atoms with Crippen molar-refractivity contribution < 1.29 is 19.3 Å². The maximum Gasteiger partial charge on any atom is 0.244 e. The van der Waals surface area contributed by atoms with E-state index in [1.54, 1.807) is 12.1 Å². The number of nitriles is 1. The minimum Gasteiger partial charge on any atom is -0.503 e. The smallest absolute Gasteiger partial charge is 0.244 e. The van der Waals surface area contributed by atoms with Crippen molar-refractivity contribution in [1.82, 2.24) is 10.2 Å². The Morgan fingerprint density at radius 2 is 2.06 bits per heavy atom. The number of aromatic amines is 1. The molecule has 4 rings (SSSR count). The third kappa shape index (κ3) is 3.55. The fourth-order valence-electron chi connectivity index (χ4n) is 3.60. The Morgan fingerprint density at radius 1 is 1.32 bits per heavy atom. The molecule has 2 heterocycles. The number of rotatable bonds is 5. The molecule has 0 aliphatic carbocycles. The van der Waals surface area contributed by atoms with E-state index < -0.39 is 5.92 Å². The predicted octanol–water partition coefficient (Wildman–Crippen LogP) is 4.17. The van der Waals surface area contributed by atoms with Gasteiger partial charge in [-0.25, -0.2) is 0 Å². The SMILES string of the molecule is CCOc1ccc(-c2[nH]nc3c2[C@@H](c2cc(Br)c(O)c(OC)c2)C(C#N)=C(N)O3)cc1. The van der Waals surface area contributed by atoms with Gasteiger partial charge in [-0.2, -0.15) is 5.26 Å². The van der Waals surface area contributed by atoms with Gasteiger partial charge in [-0.05, 0) is 64.8 Å². The lowest BCUT2D eigenvalue weighted by Crippen LogP contribution is -2.21. The minimum absolute atomic E-state index is 0.0205. The largest absolute Gasteiger partial charge is 0.503 e. The lowest BCUT2D eigenvalue weighted by molar-refractivity contribution is 0.340. The highest BCUT2D eigenvalue weighted by Gasteiger charge is 2.36. The quantitative estimate of drug-likeness (QED) is 0.497. The van der Waals surface area contributed by atoms with E-state index in [2.05, 4.69) is 32.2 Å². The topological polar surface area (TPSA) is 126 Å². The van der Waals surface area contributed by atoms with Crippen LogP contribution in [-0.4, -0.2) is 29.0 Å². The van der Waals surface area contributed by atoms with Crippen molar-refractivity contribution in [3.05, 3.63) is 63.5 Å². The fourth-order valence-corrected chi connectivity index (χ4v) is 4.06. The molecule has 0 saturated carbocycles. The van der Waals surface area contributed by atoms with Crippen LogP contribution in [0.1, 0.15) is 24.0 Å². The molecule has 4 N–H and O–H groups in total.